The quantitative estimate of drug-likeness (QED) is 0.674. The molecule has 7 heteroatoms. The van der Waals surface area contributed by atoms with Crippen molar-refractivity contribution in [3.8, 4) is 0 Å². The zero-order valence-corrected chi connectivity index (χ0v) is 13.1. The monoisotopic (exact) mass is 403 g/mol. The first kappa shape index (κ1) is 15.9. The number of amides is 1. The Balaban J connectivity index is 2.94. The fourth-order valence-corrected chi connectivity index (χ4v) is 2.80. The number of benzene rings is 1. The second kappa shape index (κ2) is 7.40. The summed E-state index contributed by atoms with van der Waals surface area (Å²) >= 11 is 12.0. The molecule has 0 heterocycles. The van der Waals surface area contributed by atoms with Crippen LogP contribution in [0.25, 0.3) is 0 Å². The smallest absolute Gasteiger partial charge is 0.255 e. The molecule has 0 saturated heterocycles. The van der Waals surface area contributed by atoms with Crippen LogP contribution in [-0.4, -0.2) is 36.2 Å². The second-order valence-electron chi connectivity index (χ2n) is 3.46. The van der Waals surface area contributed by atoms with Gasteiger partial charge in [-0.25, -0.2) is 8.78 Å². The van der Waals surface area contributed by atoms with Crippen LogP contribution < -0.4 is 0 Å². The fourth-order valence-electron chi connectivity index (χ4n) is 1.38. The molecule has 0 aliphatic heterocycles. The Bertz CT molecular complexity index is 432. The van der Waals surface area contributed by atoms with Gasteiger partial charge in [0.1, 0.15) is 0 Å². The van der Waals surface area contributed by atoms with E-state index in [9.17, 15) is 13.6 Å². The molecular formula is C11H10Br2ClF2NO. The van der Waals surface area contributed by atoms with E-state index in [2.05, 4.69) is 31.9 Å². The minimum Gasteiger partial charge on any atom is -0.332 e. The molecule has 0 bridgehead atoms. The minimum atomic E-state index is -2.58. The number of hydrogen-bond acceptors (Lipinski definition) is 1. The maximum absolute atomic E-state index is 12.4. The molecule has 0 unspecified atom stereocenters. The topological polar surface area (TPSA) is 20.3 Å². The number of alkyl halides is 3. The number of halogens is 5. The van der Waals surface area contributed by atoms with Crippen LogP contribution in [0.1, 0.15) is 10.4 Å². The summed E-state index contributed by atoms with van der Waals surface area (Å²) in [6.45, 7) is -0.526. The molecule has 1 rings (SSSR count). The van der Waals surface area contributed by atoms with Gasteiger partial charge < -0.3 is 4.90 Å². The summed E-state index contributed by atoms with van der Waals surface area (Å²) in [4.78, 5) is 13.1. The Hall–Kier alpha value is -0.200. The van der Waals surface area contributed by atoms with Crippen molar-refractivity contribution in [2.45, 2.75) is 6.43 Å². The first-order valence-corrected chi connectivity index (χ1v) is 7.16. The Labute approximate surface area is 126 Å². The van der Waals surface area contributed by atoms with Crippen molar-refractivity contribution in [1.29, 1.82) is 0 Å². The number of nitrogens with zero attached hydrogens (tertiary/aromatic N) is 1. The summed E-state index contributed by atoms with van der Waals surface area (Å²) in [6, 6.07) is 4.94. The van der Waals surface area contributed by atoms with Gasteiger partial charge >= 0.3 is 0 Å². The van der Waals surface area contributed by atoms with E-state index in [0.717, 1.165) is 9.37 Å². The minimum absolute atomic E-state index is 0.0905. The van der Waals surface area contributed by atoms with Crippen molar-refractivity contribution in [3.05, 3.63) is 32.7 Å². The molecule has 0 saturated carbocycles. The van der Waals surface area contributed by atoms with Crippen LogP contribution in [0.4, 0.5) is 8.78 Å². The maximum Gasteiger partial charge on any atom is 0.255 e. The SMILES string of the molecule is O=C(c1ccc(Br)cc1Br)N(CCCl)CC(F)F. The van der Waals surface area contributed by atoms with Crippen molar-refractivity contribution >= 4 is 49.4 Å². The third-order valence-corrected chi connectivity index (χ3v) is 3.48. The molecule has 100 valence electrons. The van der Waals surface area contributed by atoms with Gasteiger partial charge in [-0.15, -0.1) is 11.6 Å². The highest BCUT2D eigenvalue weighted by atomic mass is 79.9. The van der Waals surface area contributed by atoms with Gasteiger partial charge in [0.2, 0.25) is 0 Å². The summed E-state index contributed by atoms with van der Waals surface area (Å²) in [5, 5.41) is 0. The van der Waals surface area contributed by atoms with E-state index < -0.39 is 18.9 Å². The highest BCUT2D eigenvalue weighted by molar-refractivity contribution is 9.11. The van der Waals surface area contributed by atoms with Crippen molar-refractivity contribution in [3.63, 3.8) is 0 Å². The summed E-state index contributed by atoms with van der Waals surface area (Å²) in [5.41, 5.74) is 0.337. The molecule has 2 nitrogen and oxygen atoms in total. The molecule has 0 aliphatic rings. The Morgan fingerprint density at radius 2 is 2.06 bits per heavy atom. The predicted octanol–water partition coefficient (Wildman–Crippen LogP) is 4.16. The lowest BCUT2D eigenvalue weighted by molar-refractivity contribution is 0.0570. The molecule has 1 aromatic carbocycles. The van der Waals surface area contributed by atoms with Crippen LogP contribution >= 0.6 is 43.5 Å². The van der Waals surface area contributed by atoms with Gasteiger partial charge in [-0.05, 0) is 34.1 Å². The standard InChI is InChI=1S/C11H10Br2ClF2NO/c12-7-1-2-8(9(13)5-7)11(18)17(4-3-14)6-10(15)16/h1-2,5,10H,3-4,6H2. The molecule has 0 atom stereocenters. The molecule has 18 heavy (non-hydrogen) atoms. The normalized spacial score (nSPS) is 10.8. The molecular weight excluding hydrogens is 395 g/mol. The molecule has 0 N–H and O–H groups in total. The van der Waals surface area contributed by atoms with E-state index in [0.29, 0.717) is 10.0 Å². The summed E-state index contributed by atoms with van der Waals surface area (Å²) in [7, 11) is 0. The first-order chi connectivity index (χ1) is 8.45. The maximum atomic E-state index is 12.4. The molecule has 0 fully saturated rings. The lowest BCUT2D eigenvalue weighted by atomic mass is 10.2. The number of carbonyl (C=O) groups is 1. The molecule has 0 aliphatic carbocycles. The van der Waals surface area contributed by atoms with Crippen LogP contribution in [0.2, 0.25) is 0 Å². The van der Waals surface area contributed by atoms with E-state index in [4.69, 9.17) is 11.6 Å². The Morgan fingerprint density at radius 3 is 2.56 bits per heavy atom. The average molecular weight is 405 g/mol. The zero-order chi connectivity index (χ0) is 13.7. The van der Waals surface area contributed by atoms with Crippen molar-refractivity contribution < 1.29 is 13.6 Å². The van der Waals surface area contributed by atoms with Gasteiger partial charge in [0.05, 0.1) is 12.1 Å². The highest BCUT2D eigenvalue weighted by Crippen LogP contribution is 2.23. The fraction of sp³-hybridized carbons (Fsp3) is 0.364. The first-order valence-electron chi connectivity index (χ1n) is 5.04. The van der Waals surface area contributed by atoms with Crippen LogP contribution in [0, 0.1) is 0 Å². The third-order valence-electron chi connectivity index (χ3n) is 2.16. The average Bonchev–Trinajstić information content (AvgIpc) is 2.27. The number of hydrogen-bond donors (Lipinski definition) is 0. The zero-order valence-electron chi connectivity index (χ0n) is 9.18. The van der Waals surface area contributed by atoms with Crippen molar-refractivity contribution in [2.75, 3.05) is 19.0 Å². The molecule has 1 amide bonds. The highest BCUT2D eigenvalue weighted by Gasteiger charge is 2.21. The van der Waals surface area contributed by atoms with Gasteiger partial charge in [-0.3, -0.25) is 4.79 Å². The molecule has 0 radical (unpaired) electrons. The van der Waals surface area contributed by atoms with Gasteiger partial charge in [0.25, 0.3) is 12.3 Å². The lowest BCUT2D eigenvalue weighted by Crippen LogP contribution is -2.36. The summed E-state index contributed by atoms with van der Waals surface area (Å²) in [5.74, 6) is -0.345. The largest absolute Gasteiger partial charge is 0.332 e. The lowest BCUT2D eigenvalue weighted by Gasteiger charge is -2.21. The van der Waals surface area contributed by atoms with Crippen LogP contribution in [-0.2, 0) is 0 Å². The van der Waals surface area contributed by atoms with E-state index in [-0.39, 0.29) is 12.4 Å². The molecule has 1 aromatic rings. The van der Waals surface area contributed by atoms with Gasteiger partial charge in [-0.2, -0.15) is 0 Å². The van der Waals surface area contributed by atoms with Crippen LogP contribution in [0.15, 0.2) is 27.1 Å². The van der Waals surface area contributed by atoms with Gasteiger partial charge in [0, 0.05) is 21.4 Å². The number of rotatable bonds is 5. The molecule has 0 spiro atoms. The van der Waals surface area contributed by atoms with E-state index in [1.54, 1.807) is 18.2 Å². The van der Waals surface area contributed by atoms with Crippen molar-refractivity contribution in [1.82, 2.24) is 4.90 Å². The number of carbonyl (C=O) groups excluding carboxylic acids is 1. The Kier molecular flexibility index (Phi) is 6.52. The predicted molar refractivity (Wildman–Crippen MR) is 74.5 cm³/mol. The van der Waals surface area contributed by atoms with E-state index >= 15 is 0 Å². The van der Waals surface area contributed by atoms with Gasteiger partial charge in [0.15, 0.2) is 0 Å². The van der Waals surface area contributed by atoms with Crippen LogP contribution in [0.5, 0.6) is 0 Å². The van der Waals surface area contributed by atoms with Gasteiger partial charge in [-0.1, -0.05) is 15.9 Å². The van der Waals surface area contributed by atoms with E-state index in [1.165, 1.54) is 0 Å². The summed E-state index contributed by atoms with van der Waals surface area (Å²) < 4.78 is 26.1. The van der Waals surface area contributed by atoms with Crippen LogP contribution in [0.3, 0.4) is 0 Å². The second-order valence-corrected chi connectivity index (χ2v) is 5.60. The van der Waals surface area contributed by atoms with E-state index in [1.807, 2.05) is 0 Å². The third kappa shape index (κ3) is 4.48. The van der Waals surface area contributed by atoms with Crippen molar-refractivity contribution in [2.24, 2.45) is 0 Å². The Morgan fingerprint density at radius 1 is 1.39 bits per heavy atom. The summed E-state index contributed by atoms with van der Waals surface area (Å²) in [6.07, 6.45) is -2.58. The molecule has 0 aromatic heterocycles.